The molecule has 0 bridgehead atoms. The van der Waals surface area contributed by atoms with E-state index < -0.39 is 0 Å². The van der Waals surface area contributed by atoms with Gasteiger partial charge in [0.15, 0.2) is 0 Å². The Hall–Kier alpha value is -3.05. The van der Waals surface area contributed by atoms with Crippen molar-refractivity contribution in [3.8, 4) is 5.69 Å². The van der Waals surface area contributed by atoms with Gasteiger partial charge < -0.3 is 4.98 Å². The fraction of sp³-hybridized carbons (Fsp3) is 0.250. The van der Waals surface area contributed by atoms with Gasteiger partial charge in [0, 0.05) is 40.1 Å². The number of H-pyrrole nitrogens is 2. The Kier molecular flexibility index (Phi) is 5.91. The molecule has 4 rings (SSSR count). The van der Waals surface area contributed by atoms with E-state index in [0.717, 1.165) is 52.3 Å². The van der Waals surface area contributed by atoms with Crippen molar-refractivity contribution in [2.75, 3.05) is 6.54 Å². The van der Waals surface area contributed by atoms with Gasteiger partial charge in [-0.25, -0.2) is 4.68 Å². The Bertz CT molecular complexity index is 1250. The molecule has 0 amide bonds. The minimum absolute atomic E-state index is 0.0511. The van der Waals surface area contributed by atoms with Crippen LogP contribution in [0.4, 0.5) is 0 Å². The molecule has 2 aromatic carbocycles. The lowest BCUT2D eigenvalue weighted by atomic mass is 10.1. The van der Waals surface area contributed by atoms with Crippen molar-refractivity contribution in [3.63, 3.8) is 0 Å². The Balaban J connectivity index is 1.61. The zero-order chi connectivity index (χ0) is 21.1. The summed E-state index contributed by atoms with van der Waals surface area (Å²) in [5, 5.41) is 5.13. The number of hydrogen-bond acceptors (Lipinski definition) is 2. The number of halogens is 1. The lowest BCUT2D eigenvalue weighted by Crippen LogP contribution is -2.20. The second-order valence-corrected chi connectivity index (χ2v) is 7.85. The maximum absolute atomic E-state index is 13.1. The van der Waals surface area contributed by atoms with E-state index in [1.165, 1.54) is 5.56 Å². The van der Waals surface area contributed by atoms with E-state index >= 15 is 0 Å². The third-order valence-electron chi connectivity index (χ3n) is 5.30. The molecule has 0 aliphatic carbocycles. The zero-order valence-corrected chi connectivity index (χ0v) is 18.0. The van der Waals surface area contributed by atoms with Crippen LogP contribution in [0, 0.1) is 0 Å². The fourth-order valence-electron chi connectivity index (χ4n) is 3.83. The van der Waals surface area contributed by atoms with Crippen LogP contribution in [-0.4, -0.2) is 27.0 Å². The van der Waals surface area contributed by atoms with Crippen LogP contribution in [0.2, 0.25) is 5.02 Å². The Morgan fingerprint density at radius 3 is 2.70 bits per heavy atom. The second kappa shape index (κ2) is 8.76. The van der Waals surface area contributed by atoms with E-state index in [2.05, 4.69) is 17.0 Å². The van der Waals surface area contributed by atoms with E-state index in [1.807, 2.05) is 61.7 Å². The normalized spacial score (nSPS) is 12.0. The topological polar surface area (TPSA) is 65.9 Å². The molecular formula is C24H25ClN4O. The molecule has 0 saturated carbocycles. The summed E-state index contributed by atoms with van der Waals surface area (Å²) in [5.41, 5.74) is 5.41. The molecule has 0 radical (unpaired) electrons. The van der Waals surface area contributed by atoms with Crippen molar-refractivity contribution in [2.24, 2.45) is 4.99 Å². The summed E-state index contributed by atoms with van der Waals surface area (Å²) < 4.78 is 1.61. The first-order valence-electron chi connectivity index (χ1n) is 10.2. The molecule has 0 aliphatic rings. The SMILES string of the molecule is CCCc1[nH]n(-c2ccccc2)c(=O)c1C(C)=NCCc1c[nH]c2ccc(Cl)cc12. The van der Waals surface area contributed by atoms with Gasteiger partial charge in [-0.3, -0.25) is 14.9 Å². The predicted octanol–water partition coefficient (Wildman–Crippen LogP) is 5.30. The number of aliphatic imine (C=N–C) groups is 1. The highest BCUT2D eigenvalue weighted by molar-refractivity contribution is 6.31. The average molecular weight is 421 g/mol. The number of nitrogens with one attached hydrogen (secondary N) is 2. The monoisotopic (exact) mass is 420 g/mol. The predicted molar refractivity (Wildman–Crippen MR) is 124 cm³/mol. The van der Waals surface area contributed by atoms with Crippen LogP contribution in [0.3, 0.4) is 0 Å². The number of nitrogens with zero attached hydrogens (tertiary/aromatic N) is 2. The molecule has 30 heavy (non-hydrogen) atoms. The summed E-state index contributed by atoms with van der Waals surface area (Å²) >= 11 is 6.15. The minimum atomic E-state index is -0.0511. The molecule has 154 valence electrons. The highest BCUT2D eigenvalue weighted by atomic mass is 35.5. The van der Waals surface area contributed by atoms with Gasteiger partial charge in [0.25, 0.3) is 5.56 Å². The van der Waals surface area contributed by atoms with Gasteiger partial charge in [-0.1, -0.05) is 43.1 Å². The molecule has 2 heterocycles. The van der Waals surface area contributed by atoms with Crippen LogP contribution >= 0.6 is 11.6 Å². The largest absolute Gasteiger partial charge is 0.361 e. The van der Waals surface area contributed by atoms with Gasteiger partial charge in [0.2, 0.25) is 0 Å². The summed E-state index contributed by atoms with van der Waals surface area (Å²) in [6.07, 6.45) is 4.54. The maximum atomic E-state index is 13.1. The Morgan fingerprint density at radius 1 is 1.13 bits per heavy atom. The molecule has 2 aromatic heterocycles. The number of hydrogen-bond donors (Lipinski definition) is 2. The quantitative estimate of drug-likeness (QED) is 0.391. The van der Waals surface area contributed by atoms with Crippen molar-refractivity contribution in [2.45, 2.75) is 33.1 Å². The van der Waals surface area contributed by atoms with Crippen molar-refractivity contribution < 1.29 is 0 Å². The van der Waals surface area contributed by atoms with Crippen LogP contribution in [0.15, 0.2) is 64.5 Å². The third kappa shape index (κ3) is 3.98. The van der Waals surface area contributed by atoms with Gasteiger partial charge in [0.1, 0.15) is 0 Å². The van der Waals surface area contributed by atoms with Crippen molar-refractivity contribution >= 4 is 28.2 Å². The standard InChI is InChI=1S/C24H25ClN4O/c1-3-7-22-23(24(30)29(28-22)19-8-5-4-6-9-19)16(2)26-13-12-17-15-27-21-11-10-18(25)14-20(17)21/h4-6,8-11,14-15,27-28H,3,7,12-13H2,1-2H3. The number of benzene rings is 2. The first kappa shape index (κ1) is 20.2. The number of aryl methyl sites for hydroxylation is 1. The van der Waals surface area contributed by atoms with Gasteiger partial charge in [-0.15, -0.1) is 0 Å². The number of para-hydroxylation sites is 1. The van der Waals surface area contributed by atoms with E-state index in [1.54, 1.807) is 4.68 Å². The second-order valence-electron chi connectivity index (χ2n) is 7.41. The molecule has 6 heteroatoms. The molecule has 0 saturated heterocycles. The van der Waals surface area contributed by atoms with Gasteiger partial charge >= 0.3 is 0 Å². The van der Waals surface area contributed by atoms with Crippen LogP contribution < -0.4 is 5.56 Å². The molecule has 2 N–H and O–H groups in total. The van der Waals surface area contributed by atoms with Gasteiger partial charge in [-0.2, -0.15) is 0 Å². The number of aromatic amines is 2. The zero-order valence-electron chi connectivity index (χ0n) is 17.2. The summed E-state index contributed by atoms with van der Waals surface area (Å²) in [7, 11) is 0. The summed E-state index contributed by atoms with van der Waals surface area (Å²) in [6, 6.07) is 15.5. The highest BCUT2D eigenvalue weighted by Crippen LogP contribution is 2.22. The summed E-state index contributed by atoms with van der Waals surface area (Å²) in [5.74, 6) is 0. The van der Waals surface area contributed by atoms with Crippen molar-refractivity contribution in [1.29, 1.82) is 0 Å². The maximum Gasteiger partial charge on any atom is 0.280 e. The molecule has 0 aliphatic heterocycles. The van der Waals surface area contributed by atoms with Crippen molar-refractivity contribution in [3.05, 3.63) is 86.9 Å². The number of fused-ring (bicyclic) bond motifs is 1. The van der Waals surface area contributed by atoms with Crippen LogP contribution in [0.1, 0.15) is 37.1 Å². The first-order valence-corrected chi connectivity index (χ1v) is 10.6. The first-order chi connectivity index (χ1) is 14.6. The minimum Gasteiger partial charge on any atom is -0.361 e. The van der Waals surface area contributed by atoms with E-state index in [9.17, 15) is 4.79 Å². The van der Waals surface area contributed by atoms with E-state index in [0.29, 0.717) is 12.1 Å². The lowest BCUT2D eigenvalue weighted by molar-refractivity contribution is 0.793. The van der Waals surface area contributed by atoms with Crippen LogP contribution in [0.25, 0.3) is 16.6 Å². The smallest absolute Gasteiger partial charge is 0.280 e. The van der Waals surface area contributed by atoms with E-state index in [-0.39, 0.29) is 5.56 Å². The molecular weight excluding hydrogens is 396 g/mol. The van der Waals surface area contributed by atoms with Crippen LogP contribution in [-0.2, 0) is 12.8 Å². The summed E-state index contributed by atoms with van der Waals surface area (Å²) in [4.78, 5) is 21.2. The molecule has 0 spiro atoms. The number of rotatable bonds is 7. The van der Waals surface area contributed by atoms with E-state index in [4.69, 9.17) is 16.6 Å². The molecule has 0 fully saturated rings. The summed E-state index contributed by atoms with van der Waals surface area (Å²) in [6.45, 7) is 4.63. The number of aromatic nitrogens is 3. The average Bonchev–Trinajstić information content (AvgIpc) is 3.29. The fourth-order valence-corrected chi connectivity index (χ4v) is 4.00. The van der Waals surface area contributed by atoms with Crippen LogP contribution in [0.5, 0.6) is 0 Å². The Labute approximate surface area is 180 Å². The molecule has 4 aromatic rings. The highest BCUT2D eigenvalue weighted by Gasteiger charge is 2.17. The Morgan fingerprint density at radius 2 is 1.93 bits per heavy atom. The van der Waals surface area contributed by atoms with Crippen molar-refractivity contribution in [1.82, 2.24) is 14.8 Å². The van der Waals surface area contributed by atoms with Gasteiger partial charge in [-0.05, 0) is 55.7 Å². The molecule has 0 unspecified atom stereocenters. The molecule has 0 atom stereocenters. The lowest BCUT2D eigenvalue weighted by Gasteiger charge is -2.02. The molecule has 5 nitrogen and oxygen atoms in total. The van der Waals surface area contributed by atoms with Gasteiger partial charge in [0.05, 0.1) is 11.3 Å². The third-order valence-corrected chi connectivity index (χ3v) is 5.54.